The highest BCUT2D eigenvalue weighted by Crippen LogP contribution is 2.23. The Kier molecular flexibility index (Phi) is 1.69. The fourth-order valence-electron chi connectivity index (χ4n) is 1.14. The molecule has 0 spiro atoms. The Hall–Kier alpha value is -0.300. The number of hydrogen-bond acceptors (Lipinski definition) is 1. The van der Waals surface area contributed by atoms with E-state index in [4.69, 9.17) is 5.11 Å². The summed E-state index contributed by atoms with van der Waals surface area (Å²) in [6.07, 6.45) is 4.53. The van der Waals surface area contributed by atoms with E-state index in [2.05, 4.69) is 13.0 Å². The first-order valence-corrected chi connectivity index (χ1v) is 3.12. The van der Waals surface area contributed by atoms with Gasteiger partial charge in [0.15, 0.2) is 0 Å². The molecule has 0 aromatic heterocycles. The van der Waals surface area contributed by atoms with Crippen molar-refractivity contribution in [1.82, 2.24) is 0 Å². The van der Waals surface area contributed by atoms with E-state index in [9.17, 15) is 0 Å². The molecule has 0 aliphatic heterocycles. The zero-order chi connectivity index (χ0) is 5.98. The number of aliphatic hydroxyl groups excluding tert-OH is 1. The first-order valence-electron chi connectivity index (χ1n) is 3.12. The topological polar surface area (TPSA) is 20.2 Å². The van der Waals surface area contributed by atoms with Crippen molar-refractivity contribution < 1.29 is 5.11 Å². The molecular weight excluding hydrogens is 100 g/mol. The summed E-state index contributed by atoms with van der Waals surface area (Å²) in [5.41, 5.74) is 1.37. The maximum atomic E-state index is 8.70. The third-order valence-electron chi connectivity index (χ3n) is 1.85. The van der Waals surface area contributed by atoms with Crippen LogP contribution in [0.2, 0.25) is 0 Å². The Balaban J connectivity index is 2.46. The molecule has 1 aliphatic carbocycles. The fraction of sp³-hybridized carbons (Fsp3) is 0.714. The number of aliphatic hydroxyl groups is 1. The van der Waals surface area contributed by atoms with Crippen molar-refractivity contribution in [2.45, 2.75) is 19.8 Å². The highest BCUT2D eigenvalue weighted by molar-refractivity contribution is 5.09. The molecule has 0 aromatic rings. The molecule has 0 fully saturated rings. The zero-order valence-electron chi connectivity index (χ0n) is 5.22. The molecular formula is C7H12O. The van der Waals surface area contributed by atoms with E-state index in [-0.39, 0.29) is 0 Å². The van der Waals surface area contributed by atoms with Crippen molar-refractivity contribution in [1.29, 1.82) is 0 Å². The molecule has 0 saturated heterocycles. The van der Waals surface area contributed by atoms with Crippen molar-refractivity contribution in [2.75, 3.05) is 6.61 Å². The van der Waals surface area contributed by atoms with Gasteiger partial charge in [-0.15, -0.1) is 0 Å². The average Bonchev–Trinajstić information content (AvgIpc) is 2.14. The van der Waals surface area contributed by atoms with Gasteiger partial charge in [0, 0.05) is 12.5 Å². The van der Waals surface area contributed by atoms with E-state index in [1.54, 1.807) is 0 Å². The van der Waals surface area contributed by atoms with Crippen LogP contribution in [-0.4, -0.2) is 11.7 Å². The predicted molar refractivity (Wildman–Crippen MR) is 33.6 cm³/mol. The molecule has 1 aliphatic rings. The van der Waals surface area contributed by atoms with Crippen LogP contribution in [0.5, 0.6) is 0 Å². The van der Waals surface area contributed by atoms with Crippen molar-refractivity contribution in [3.63, 3.8) is 0 Å². The van der Waals surface area contributed by atoms with Crippen LogP contribution in [0.15, 0.2) is 11.6 Å². The van der Waals surface area contributed by atoms with Crippen molar-refractivity contribution in [3.8, 4) is 0 Å². The largest absolute Gasteiger partial charge is 0.396 e. The maximum absolute atomic E-state index is 8.70. The van der Waals surface area contributed by atoms with E-state index in [0.29, 0.717) is 12.5 Å². The van der Waals surface area contributed by atoms with Crippen molar-refractivity contribution in [2.24, 2.45) is 5.92 Å². The Morgan fingerprint density at radius 1 is 1.88 bits per heavy atom. The summed E-state index contributed by atoms with van der Waals surface area (Å²) in [4.78, 5) is 0. The van der Waals surface area contributed by atoms with E-state index < -0.39 is 0 Å². The molecule has 0 radical (unpaired) electrons. The van der Waals surface area contributed by atoms with E-state index in [0.717, 1.165) is 12.8 Å². The smallest absolute Gasteiger partial charge is 0.0496 e. The molecule has 1 nitrogen and oxygen atoms in total. The van der Waals surface area contributed by atoms with Crippen LogP contribution in [0, 0.1) is 5.92 Å². The van der Waals surface area contributed by atoms with Gasteiger partial charge in [-0.05, 0) is 19.8 Å². The van der Waals surface area contributed by atoms with E-state index in [1.165, 1.54) is 5.57 Å². The van der Waals surface area contributed by atoms with Gasteiger partial charge < -0.3 is 5.11 Å². The highest BCUT2D eigenvalue weighted by Gasteiger charge is 2.12. The number of hydrogen-bond donors (Lipinski definition) is 1. The molecule has 1 heteroatoms. The van der Waals surface area contributed by atoms with Crippen LogP contribution in [-0.2, 0) is 0 Å². The maximum Gasteiger partial charge on any atom is 0.0496 e. The van der Waals surface area contributed by atoms with E-state index in [1.807, 2.05) is 0 Å². The van der Waals surface area contributed by atoms with Gasteiger partial charge in [-0.2, -0.15) is 0 Å². The molecule has 8 heavy (non-hydrogen) atoms. The molecule has 0 aromatic carbocycles. The van der Waals surface area contributed by atoms with Crippen LogP contribution in [0.1, 0.15) is 19.8 Å². The monoisotopic (exact) mass is 112 g/mol. The van der Waals surface area contributed by atoms with Gasteiger partial charge in [0.05, 0.1) is 0 Å². The number of allylic oxidation sites excluding steroid dienone is 1. The second-order valence-electron chi connectivity index (χ2n) is 2.40. The summed E-state index contributed by atoms with van der Waals surface area (Å²) >= 11 is 0. The SMILES string of the molecule is CC1=CCCC1CO. The first kappa shape index (κ1) is 5.83. The van der Waals surface area contributed by atoms with Crippen LogP contribution >= 0.6 is 0 Å². The summed E-state index contributed by atoms with van der Waals surface area (Å²) in [6, 6.07) is 0. The summed E-state index contributed by atoms with van der Waals surface area (Å²) in [6.45, 7) is 2.43. The van der Waals surface area contributed by atoms with Gasteiger partial charge in [-0.25, -0.2) is 0 Å². The molecule has 1 atom stereocenters. The van der Waals surface area contributed by atoms with E-state index >= 15 is 0 Å². The van der Waals surface area contributed by atoms with Gasteiger partial charge in [0.1, 0.15) is 0 Å². The number of rotatable bonds is 1. The average molecular weight is 112 g/mol. The molecule has 0 amide bonds. The normalized spacial score (nSPS) is 28.2. The third kappa shape index (κ3) is 0.920. The second-order valence-corrected chi connectivity index (χ2v) is 2.40. The first-order chi connectivity index (χ1) is 3.84. The Labute approximate surface area is 50.0 Å². The third-order valence-corrected chi connectivity index (χ3v) is 1.85. The van der Waals surface area contributed by atoms with Crippen molar-refractivity contribution in [3.05, 3.63) is 11.6 Å². The molecule has 0 bridgehead atoms. The molecule has 46 valence electrons. The summed E-state index contributed by atoms with van der Waals surface area (Å²) in [5.74, 6) is 0.481. The van der Waals surface area contributed by atoms with Gasteiger partial charge in [-0.3, -0.25) is 0 Å². The Bertz CT molecular complexity index is 105. The van der Waals surface area contributed by atoms with Crippen molar-refractivity contribution >= 4 is 0 Å². The molecule has 0 saturated carbocycles. The Morgan fingerprint density at radius 3 is 2.88 bits per heavy atom. The predicted octanol–water partition coefficient (Wildman–Crippen LogP) is 1.33. The Morgan fingerprint density at radius 2 is 2.62 bits per heavy atom. The lowest BCUT2D eigenvalue weighted by Gasteiger charge is -2.04. The lowest BCUT2D eigenvalue weighted by Crippen LogP contribution is -2.01. The second kappa shape index (κ2) is 2.31. The summed E-state index contributed by atoms with van der Waals surface area (Å²) in [5, 5.41) is 8.70. The van der Waals surface area contributed by atoms with Crippen LogP contribution in [0.3, 0.4) is 0 Å². The van der Waals surface area contributed by atoms with Crippen LogP contribution in [0.25, 0.3) is 0 Å². The molecule has 0 heterocycles. The lowest BCUT2D eigenvalue weighted by molar-refractivity contribution is 0.246. The summed E-state index contributed by atoms with van der Waals surface area (Å²) in [7, 11) is 0. The molecule has 1 rings (SSSR count). The van der Waals surface area contributed by atoms with Gasteiger partial charge in [0.2, 0.25) is 0 Å². The minimum absolute atomic E-state index is 0.336. The summed E-state index contributed by atoms with van der Waals surface area (Å²) < 4.78 is 0. The van der Waals surface area contributed by atoms with Gasteiger partial charge >= 0.3 is 0 Å². The molecule has 1 unspecified atom stereocenters. The van der Waals surface area contributed by atoms with Crippen LogP contribution < -0.4 is 0 Å². The minimum atomic E-state index is 0.336. The van der Waals surface area contributed by atoms with Gasteiger partial charge in [-0.1, -0.05) is 11.6 Å². The fourth-order valence-corrected chi connectivity index (χ4v) is 1.14. The molecule has 1 N–H and O–H groups in total. The highest BCUT2D eigenvalue weighted by atomic mass is 16.3. The van der Waals surface area contributed by atoms with Crippen LogP contribution in [0.4, 0.5) is 0 Å². The lowest BCUT2D eigenvalue weighted by atomic mass is 10.1. The quantitative estimate of drug-likeness (QED) is 0.507. The van der Waals surface area contributed by atoms with Gasteiger partial charge in [0.25, 0.3) is 0 Å². The standard InChI is InChI=1S/C7H12O/c1-6-3-2-4-7(6)5-8/h3,7-8H,2,4-5H2,1H3. The zero-order valence-corrected chi connectivity index (χ0v) is 5.22. The minimum Gasteiger partial charge on any atom is -0.396 e.